The molecule has 0 atom stereocenters. The first-order valence-electron chi connectivity index (χ1n) is 13.9. The van der Waals surface area contributed by atoms with Crippen molar-refractivity contribution in [2.24, 2.45) is 5.92 Å². The number of sulfonamides is 1. The lowest BCUT2D eigenvalue weighted by Gasteiger charge is -2.38. The van der Waals surface area contributed by atoms with Crippen molar-refractivity contribution in [1.29, 1.82) is 0 Å². The highest BCUT2D eigenvalue weighted by Gasteiger charge is 2.37. The summed E-state index contributed by atoms with van der Waals surface area (Å²) in [4.78, 5) is 27.3. The van der Waals surface area contributed by atoms with Crippen LogP contribution in [0.1, 0.15) is 64.4 Å². The number of nitrogens with zero attached hydrogens (tertiary/aromatic N) is 1. The molecule has 2 fully saturated rings. The smallest absolute Gasteiger partial charge is 0.271 e. The van der Waals surface area contributed by atoms with Crippen LogP contribution in [0.2, 0.25) is 5.02 Å². The number of hydrogen-bond acceptors (Lipinski definition) is 6. The van der Waals surface area contributed by atoms with Crippen molar-refractivity contribution in [2.75, 3.05) is 23.4 Å². The molecule has 0 heterocycles. The zero-order valence-corrected chi connectivity index (χ0v) is 24.8. The molecule has 4 rings (SSSR count). The topological polar surface area (TPSA) is 105 Å². The first-order chi connectivity index (χ1) is 19.4. The highest BCUT2D eigenvalue weighted by atomic mass is 35.5. The number of amides is 2. The van der Waals surface area contributed by atoms with Crippen molar-refractivity contribution < 1.29 is 31.5 Å². The maximum Gasteiger partial charge on any atom is 0.271 e. The average Bonchev–Trinajstić information content (AvgIpc) is 3.75. The van der Waals surface area contributed by atoms with Gasteiger partial charge in [0, 0.05) is 29.7 Å². The van der Waals surface area contributed by atoms with Gasteiger partial charge < -0.3 is 15.0 Å². The summed E-state index contributed by atoms with van der Waals surface area (Å²) in [5, 5.41) is 2.35. The monoisotopic (exact) mass is 611 g/mol. The number of carbonyl (C=O) groups is 2. The predicted molar refractivity (Wildman–Crippen MR) is 155 cm³/mol. The Kier molecular flexibility index (Phi) is 10.1. The van der Waals surface area contributed by atoms with E-state index in [1.54, 1.807) is 0 Å². The van der Waals surface area contributed by atoms with Crippen LogP contribution in [-0.2, 0) is 26.0 Å². The second-order valence-electron chi connectivity index (χ2n) is 11.2. The fraction of sp³-hybridized carbons (Fsp3) is 0.517. The van der Waals surface area contributed by atoms with E-state index in [4.69, 9.17) is 16.3 Å². The molecule has 0 radical (unpaired) electrons. The van der Waals surface area contributed by atoms with Gasteiger partial charge in [-0.25, -0.2) is 21.9 Å². The number of halogens is 3. The summed E-state index contributed by atoms with van der Waals surface area (Å²) in [6, 6.07) is 6.62. The van der Waals surface area contributed by atoms with E-state index in [0.29, 0.717) is 19.4 Å². The zero-order chi connectivity index (χ0) is 29.7. The average molecular weight is 612 g/mol. The highest BCUT2D eigenvalue weighted by molar-refractivity contribution is 7.90. The van der Waals surface area contributed by atoms with Gasteiger partial charge in [0.1, 0.15) is 11.6 Å². The van der Waals surface area contributed by atoms with Gasteiger partial charge in [-0.15, -0.1) is 0 Å². The van der Waals surface area contributed by atoms with Gasteiger partial charge in [0.2, 0.25) is 15.9 Å². The molecule has 2 aliphatic rings. The predicted octanol–water partition coefficient (Wildman–Crippen LogP) is 5.58. The van der Waals surface area contributed by atoms with Crippen molar-refractivity contribution in [3.8, 4) is 5.75 Å². The Hall–Kier alpha value is -2.92. The minimum Gasteiger partial charge on any atom is -0.484 e. The molecule has 0 saturated heterocycles. The third kappa shape index (κ3) is 8.54. The van der Waals surface area contributed by atoms with Crippen LogP contribution in [0.3, 0.4) is 0 Å². The maximum atomic E-state index is 15.9. The van der Waals surface area contributed by atoms with Gasteiger partial charge in [-0.1, -0.05) is 50.8 Å². The molecule has 2 aromatic rings. The molecule has 12 heteroatoms. The Labute approximate surface area is 244 Å². The van der Waals surface area contributed by atoms with Gasteiger partial charge in [-0.2, -0.15) is 0 Å². The number of nitrogens with one attached hydrogen (secondary N) is 2. The number of ether oxygens (including phenoxy) is 1. The highest BCUT2D eigenvalue weighted by Crippen LogP contribution is 2.38. The standard InChI is InChI=1S/C29H36ClF2N3O5S/c1-18(2)16-35(21-6-4-3-5-7-21)29-25(32)14-22(40-17-28(37)34-41(38,39)23-10-11-23)15-26(29)33-27(36)12-19-8-9-20(30)13-24(19)31/h8-9,13-15,18,21,23H,3-7,10-12,16-17H2,1-2H3,(H,33,36)(H,34,37). The Morgan fingerprint density at radius 1 is 1.02 bits per heavy atom. The Morgan fingerprint density at radius 2 is 1.73 bits per heavy atom. The lowest BCUT2D eigenvalue weighted by molar-refractivity contribution is -0.121. The Morgan fingerprint density at radius 3 is 2.37 bits per heavy atom. The van der Waals surface area contributed by atoms with E-state index in [0.717, 1.165) is 44.2 Å². The van der Waals surface area contributed by atoms with Gasteiger partial charge in [0.25, 0.3) is 5.91 Å². The molecular weight excluding hydrogens is 576 g/mol. The summed E-state index contributed by atoms with van der Waals surface area (Å²) < 4.78 is 61.9. The fourth-order valence-corrected chi connectivity index (χ4v) is 6.54. The molecule has 2 N–H and O–H groups in total. The lowest BCUT2D eigenvalue weighted by Crippen LogP contribution is -2.40. The third-order valence-corrected chi connectivity index (χ3v) is 9.23. The molecule has 2 amide bonds. The quantitative estimate of drug-likeness (QED) is 0.325. The number of benzene rings is 2. The van der Waals surface area contributed by atoms with Crippen LogP contribution in [0.4, 0.5) is 20.2 Å². The van der Waals surface area contributed by atoms with Gasteiger partial charge in [0.15, 0.2) is 12.4 Å². The summed E-state index contributed by atoms with van der Waals surface area (Å²) in [6.07, 6.45) is 5.56. The second kappa shape index (κ2) is 13.4. The van der Waals surface area contributed by atoms with Crippen LogP contribution >= 0.6 is 11.6 Å². The number of hydrogen-bond donors (Lipinski definition) is 2. The molecule has 224 valence electrons. The van der Waals surface area contributed by atoms with E-state index in [1.165, 1.54) is 18.2 Å². The van der Waals surface area contributed by atoms with Gasteiger partial charge in [-0.05, 0) is 49.3 Å². The van der Waals surface area contributed by atoms with Crippen LogP contribution in [0.15, 0.2) is 30.3 Å². The van der Waals surface area contributed by atoms with Crippen molar-refractivity contribution in [3.63, 3.8) is 0 Å². The van der Waals surface area contributed by atoms with E-state index >= 15 is 4.39 Å². The molecule has 0 aliphatic heterocycles. The molecule has 0 unspecified atom stereocenters. The van der Waals surface area contributed by atoms with E-state index in [1.807, 2.05) is 23.5 Å². The fourth-order valence-electron chi connectivity index (χ4n) is 5.08. The first-order valence-corrected chi connectivity index (χ1v) is 15.9. The largest absolute Gasteiger partial charge is 0.484 e. The van der Waals surface area contributed by atoms with Crippen LogP contribution in [0.5, 0.6) is 5.75 Å². The minimum absolute atomic E-state index is 0.0636. The Balaban J connectivity index is 1.61. The summed E-state index contributed by atoms with van der Waals surface area (Å²) in [5.41, 5.74) is 0.446. The number of anilines is 2. The van der Waals surface area contributed by atoms with E-state index in [9.17, 15) is 22.4 Å². The lowest BCUT2D eigenvalue weighted by atomic mass is 9.92. The first kappa shape index (κ1) is 31.0. The summed E-state index contributed by atoms with van der Waals surface area (Å²) in [5.74, 6) is -2.62. The van der Waals surface area contributed by atoms with Crippen molar-refractivity contribution in [1.82, 2.24) is 4.72 Å². The van der Waals surface area contributed by atoms with E-state index in [2.05, 4.69) is 5.32 Å². The summed E-state index contributed by atoms with van der Waals surface area (Å²) in [7, 11) is -3.76. The molecule has 41 heavy (non-hydrogen) atoms. The van der Waals surface area contributed by atoms with Gasteiger partial charge in [-0.3, -0.25) is 9.59 Å². The molecule has 0 bridgehead atoms. The van der Waals surface area contributed by atoms with Gasteiger partial charge in [0.05, 0.1) is 23.0 Å². The molecular formula is C29H36ClF2N3O5S. The summed E-state index contributed by atoms with van der Waals surface area (Å²) >= 11 is 5.83. The molecule has 2 aromatic carbocycles. The Bertz CT molecular complexity index is 1380. The van der Waals surface area contributed by atoms with Crippen molar-refractivity contribution >= 4 is 44.8 Å². The van der Waals surface area contributed by atoms with Crippen LogP contribution in [0.25, 0.3) is 0 Å². The SMILES string of the molecule is CC(C)CN(c1c(F)cc(OCC(=O)NS(=O)(=O)C2CC2)cc1NC(=O)Cc1ccc(Cl)cc1F)C1CCCCC1. The third-order valence-electron chi connectivity index (χ3n) is 7.13. The molecule has 8 nitrogen and oxygen atoms in total. The van der Waals surface area contributed by atoms with Crippen molar-refractivity contribution in [3.05, 3.63) is 52.6 Å². The second-order valence-corrected chi connectivity index (χ2v) is 13.6. The molecule has 0 aromatic heterocycles. The van der Waals surface area contributed by atoms with E-state index < -0.39 is 45.3 Å². The normalized spacial score (nSPS) is 16.0. The molecule has 2 aliphatic carbocycles. The number of carbonyl (C=O) groups excluding carboxylic acids is 2. The molecule has 0 spiro atoms. The van der Waals surface area contributed by atoms with E-state index in [-0.39, 0.29) is 46.1 Å². The number of rotatable bonds is 12. The van der Waals surface area contributed by atoms with Crippen molar-refractivity contribution in [2.45, 2.75) is 76.5 Å². The molecule has 2 saturated carbocycles. The summed E-state index contributed by atoms with van der Waals surface area (Å²) in [6.45, 7) is 3.94. The van der Waals surface area contributed by atoms with Gasteiger partial charge >= 0.3 is 0 Å². The minimum atomic E-state index is -3.76. The van der Waals surface area contributed by atoms with Crippen LogP contribution in [-0.4, -0.2) is 44.7 Å². The van der Waals surface area contributed by atoms with Crippen LogP contribution in [0, 0.1) is 17.6 Å². The maximum absolute atomic E-state index is 15.9. The zero-order valence-electron chi connectivity index (χ0n) is 23.2. The van der Waals surface area contributed by atoms with Crippen LogP contribution < -0.4 is 19.7 Å².